The minimum absolute atomic E-state index is 0.170. The van der Waals surface area contributed by atoms with E-state index in [0.717, 1.165) is 5.56 Å². The number of hydrogen-bond acceptors (Lipinski definition) is 3. The van der Waals surface area contributed by atoms with Crippen molar-refractivity contribution in [3.05, 3.63) is 42.0 Å². The summed E-state index contributed by atoms with van der Waals surface area (Å²) in [6, 6.07) is 8.98. The van der Waals surface area contributed by atoms with Crippen molar-refractivity contribution in [2.45, 2.75) is 6.92 Å². The Bertz CT molecular complexity index is 489. The molecule has 0 spiro atoms. The Kier molecular flexibility index (Phi) is 2.71. The van der Waals surface area contributed by atoms with Crippen LogP contribution in [-0.4, -0.2) is 23.7 Å². The number of rotatable bonds is 4. The van der Waals surface area contributed by atoms with Gasteiger partial charge in [0.2, 0.25) is 5.41 Å². The number of carboxylic acid groups (broad SMARTS) is 1. The largest absolute Gasteiger partial charge is 0.480 e. The molecule has 1 aromatic carbocycles. The second kappa shape index (κ2) is 4.05. The minimum Gasteiger partial charge on any atom is -0.480 e. The van der Waals surface area contributed by atoms with E-state index in [2.05, 4.69) is 0 Å². The summed E-state index contributed by atoms with van der Waals surface area (Å²) in [7, 11) is 0. The van der Waals surface area contributed by atoms with Gasteiger partial charge in [0, 0.05) is 0 Å². The van der Waals surface area contributed by atoms with Crippen LogP contribution < -0.4 is 0 Å². The Hall–Kier alpha value is -2.10. The Morgan fingerprint density at radius 1 is 1.29 bits per heavy atom. The minimum atomic E-state index is -1.57. The molecule has 88 valence electrons. The first kappa shape index (κ1) is 11.4. The van der Waals surface area contributed by atoms with Gasteiger partial charge in [-0.15, -0.1) is 0 Å². The third-order valence-corrected chi connectivity index (χ3v) is 2.72. The standard InChI is InChI=1S/C13H12O4/c1-2-17-12(16)13(11(14)15)8-10(13)9-6-4-3-5-7-9/h3-8H,2H2,1H3,(H,14,15). The SMILES string of the molecule is CCOC(=O)C1(C(=O)O)C=C1c1ccccc1. The Morgan fingerprint density at radius 3 is 2.47 bits per heavy atom. The fourth-order valence-electron chi connectivity index (χ4n) is 1.79. The van der Waals surface area contributed by atoms with Crippen LogP contribution in [0, 0.1) is 5.41 Å². The summed E-state index contributed by atoms with van der Waals surface area (Å²) >= 11 is 0. The molecule has 1 aliphatic rings. The summed E-state index contributed by atoms with van der Waals surface area (Å²) in [6.45, 7) is 1.82. The van der Waals surface area contributed by atoms with Gasteiger partial charge in [0.15, 0.2) is 0 Å². The average molecular weight is 232 g/mol. The van der Waals surface area contributed by atoms with E-state index in [-0.39, 0.29) is 6.61 Å². The maximum Gasteiger partial charge on any atom is 0.332 e. The lowest BCUT2D eigenvalue weighted by Crippen LogP contribution is -2.30. The van der Waals surface area contributed by atoms with E-state index in [1.807, 2.05) is 6.07 Å². The average Bonchev–Trinajstić information content (AvgIpc) is 3.07. The number of hydrogen-bond donors (Lipinski definition) is 1. The Labute approximate surface area is 98.5 Å². The zero-order chi connectivity index (χ0) is 12.5. The molecular formula is C13H12O4. The highest BCUT2D eigenvalue weighted by molar-refractivity contribution is 6.22. The molecular weight excluding hydrogens is 220 g/mol. The first-order valence-corrected chi connectivity index (χ1v) is 5.32. The second-order valence-corrected chi connectivity index (χ2v) is 3.76. The van der Waals surface area contributed by atoms with Crippen LogP contribution in [0.1, 0.15) is 12.5 Å². The molecule has 4 nitrogen and oxygen atoms in total. The number of carbonyl (C=O) groups excluding carboxylic acids is 1. The molecule has 0 aliphatic heterocycles. The van der Waals surface area contributed by atoms with Crippen LogP contribution in [0.5, 0.6) is 0 Å². The van der Waals surface area contributed by atoms with Gasteiger partial charge in [-0.3, -0.25) is 9.59 Å². The summed E-state index contributed by atoms with van der Waals surface area (Å²) in [5.41, 5.74) is -0.329. The lowest BCUT2D eigenvalue weighted by atomic mass is 9.96. The highest BCUT2D eigenvalue weighted by Gasteiger charge is 2.59. The number of esters is 1. The van der Waals surface area contributed by atoms with Gasteiger partial charge in [-0.05, 0) is 24.1 Å². The summed E-state index contributed by atoms with van der Waals surface area (Å²) in [6.07, 6.45) is 1.43. The van der Waals surface area contributed by atoms with Gasteiger partial charge in [-0.1, -0.05) is 30.3 Å². The van der Waals surface area contributed by atoms with Crippen molar-refractivity contribution in [2.75, 3.05) is 6.61 Å². The van der Waals surface area contributed by atoms with E-state index in [0.29, 0.717) is 5.57 Å². The highest BCUT2D eigenvalue weighted by Crippen LogP contribution is 2.52. The van der Waals surface area contributed by atoms with Crippen LogP contribution in [0.2, 0.25) is 0 Å². The van der Waals surface area contributed by atoms with Crippen molar-refractivity contribution >= 4 is 17.5 Å². The topological polar surface area (TPSA) is 63.6 Å². The van der Waals surface area contributed by atoms with Crippen molar-refractivity contribution in [2.24, 2.45) is 5.41 Å². The van der Waals surface area contributed by atoms with Crippen molar-refractivity contribution in [1.29, 1.82) is 0 Å². The highest BCUT2D eigenvalue weighted by atomic mass is 16.5. The Morgan fingerprint density at radius 2 is 1.94 bits per heavy atom. The fourth-order valence-corrected chi connectivity index (χ4v) is 1.79. The molecule has 0 bridgehead atoms. The van der Waals surface area contributed by atoms with Crippen LogP contribution in [-0.2, 0) is 14.3 Å². The van der Waals surface area contributed by atoms with Gasteiger partial charge in [-0.2, -0.15) is 0 Å². The van der Waals surface area contributed by atoms with Gasteiger partial charge in [0.05, 0.1) is 6.61 Å². The van der Waals surface area contributed by atoms with E-state index in [4.69, 9.17) is 4.74 Å². The molecule has 0 radical (unpaired) electrons. The van der Waals surface area contributed by atoms with Gasteiger partial charge >= 0.3 is 11.9 Å². The molecule has 17 heavy (non-hydrogen) atoms. The predicted molar refractivity (Wildman–Crippen MR) is 61.1 cm³/mol. The molecule has 1 N–H and O–H groups in total. The Balaban J connectivity index is 2.27. The molecule has 1 unspecified atom stereocenters. The number of carbonyl (C=O) groups is 2. The molecule has 1 aromatic rings. The predicted octanol–water partition coefficient (Wildman–Crippen LogP) is 1.72. The van der Waals surface area contributed by atoms with Crippen LogP contribution in [0.25, 0.3) is 5.57 Å². The van der Waals surface area contributed by atoms with Crippen molar-refractivity contribution in [3.8, 4) is 0 Å². The second-order valence-electron chi connectivity index (χ2n) is 3.76. The van der Waals surface area contributed by atoms with Crippen LogP contribution in [0.4, 0.5) is 0 Å². The van der Waals surface area contributed by atoms with Crippen LogP contribution in [0.15, 0.2) is 36.4 Å². The van der Waals surface area contributed by atoms with Gasteiger partial charge < -0.3 is 9.84 Å². The molecule has 0 amide bonds. The summed E-state index contributed by atoms with van der Waals surface area (Å²) < 4.78 is 4.81. The molecule has 1 aliphatic carbocycles. The summed E-state index contributed by atoms with van der Waals surface area (Å²) in [5, 5.41) is 9.18. The van der Waals surface area contributed by atoms with Crippen molar-refractivity contribution in [3.63, 3.8) is 0 Å². The molecule has 0 heterocycles. The molecule has 2 rings (SSSR count). The van der Waals surface area contributed by atoms with E-state index < -0.39 is 17.4 Å². The van der Waals surface area contributed by atoms with Gasteiger partial charge in [-0.25, -0.2) is 0 Å². The number of aliphatic carboxylic acids is 1. The van der Waals surface area contributed by atoms with Gasteiger partial charge in [0.1, 0.15) is 0 Å². The van der Waals surface area contributed by atoms with E-state index in [1.54, 1.807) is 31.2 Å². The first-order chi connectivity index (χ1) is 8.13. The first-order valence-electron chi connectivity index (χ1n) is 5.32. The van der Waals surface area contributed by atoms with Gasteiger partial charge in [0.25, 0.3) is 0 Å². The number of benzene rings is 1. The summed E-state index contributed by atoms with van der Waals surface area (Å²) in [4.78, 5) is 22.9. The lowest BCUT2D eigenvalue weighted by Gasteiger charge is -2.12. The zero-order valence-corrected chi connectivity index (χ0v) is 9.34. The molecule has 4 heteroatoms. The third kappa shape index (κ3) is 1.71. The molecule has 1 atom stereocenters. The van der Waals surface area contributed by atoms with E-state index in [1.165, 1.54) is 6.08 Å². The number of ether oxygens (including phenoxy) is 1. The quantitative estimate of drug-likeness (QED) is 0.634. The molecule has 0 fully saturated rings. The van der Waals surface area contributed by atoms with Crippen molar-refractivity contribution < 1.29 is 19.4 Å². The third-order valence-electron chi connectivity index (χ3n) is 2.72. The summed E-state index contributed by atoms with van der Waals surface area (Å²) in [5.74, 6) is -1.90. The normalized spacial score (nSPS) is 21.6. The maximum absolute atomic E-state index is 11.7. The molecule has 0 saturated carbocycles. The fraction of sp³-hybridized carbons (Fsp3) is 0.231. The van der Waals surface area contributed by atoms with Crippen LogP contribution >= 0.6 is 0 Å². The zero-order valence-electron chi connectivity index (χ0n) is 9.34. The monoisotopic (exact) mass is 232 g/mol. The van der Waals surface area contributed by atoms with Crippen molar-refractivity contribution in [1.82, 2.24) is 0 Å². The van der Waals surface area contributed by atoms with E-state index in [9.17, 15) is 14.7 Å². The molecule has 0 aromatic heterocycles. The lowest BCUT2D eigenvalue weighted by molar-refractivity contribution is -0.158. The molecule has 0 saturated heterocycles. The maximum atomic E-state index is 11.7. The smallest absolute Gasteiger partial charge is 0.332 e. The number of carboxylic acids is 1. The van der Waals surface area contributed by atoms with Crippen LogP contribution in [0.3, 0.4) is 0 Å². The van der Waals surface area contributed by atoms with E-state index >= 15 is 0 Å².